The highest BCUT2D eigenvalue weighted by molar-refractivity contribution is 5.88. The normalized spacial score (nSPS) is 9.68. The van der Waals surface area contributed by atoms with Crippen LogP contribution in [0.5, 0.6) is 0 Å². The molecule has 19 heavy (non-hydrogen) atoms. The van der Waals surface area contributed by atoms with Crippen LogP contribution in [0.1, 0.15) is 10.4 Å². The van der Waals surface area contributed by atoms with Gasteiger partial charge in [-0.25, -0.2) is 9.78 Å². The highest BCUT2D eigenvalue weighted by Crippen LogP contribution is 2.26. The van der Waals surface area contributed by atoms with Crippen molar-refractivity contribution in [1.29, 1.82) is 0 Å². The summed E-state index contributed by atoms with van der Waals surface area (Å²) < 4.78 is 0. The minimum absolute atomic E-state index is 0.0924. The van der Waals surface area contributed by atoms with E-state index in [1.165, 1.54) is 0 Å². The summed E-state index contributed by atoms with van der Waals surface area (Å²) in [6.07, 6.45) is 4.23. The van der Waals surface area contributed by atoms with Crippen molar-refractivity contribution in [3.8, 4) is 0 Å². The Bertz CT molecular complexity index is 518. The molecule has 100 valence electrons. The number of aromatic nitrogens is 1. The first-order chi connectivity index (χ1) is 9.01. The number of pyridine rings is 1. The monoisotopic (exact) mass is 263 g/mol. The summed E-state index contributed by atoms with van der Waals surface area (Å²) in [5.41, 5.74) is -0.587. The van der Waals surface area contributed by atoms with Crippen molar-refractivity contribution < 1.29 is 14.8 Å². The van der Waals surface area contributed by atoms with Crippen molar-refractivity contribution >= 4 is 17.5 Å². The summed E-state index contributed by atoms with van der Waals surface area (Å²) in [7, 11) is 0. The number of nitro groups is 1. The van der Waals surface area contributed by atoms with Gasteiger partial charge >= 0.3 is 11.7 Å². The van der Waals surface area contributed by atoms with Crippen LogP contribution in [0.3, 0.4) is 0 Å². The Balaban J connectivity index is 3.31. The number of hydrogen-bond donors (Lipinski definition) is 1. The van der Waals surface area contributed by atoms with E-state index < -0.39 is 10.9 Å². The molecule has 0 unspecified atom stereocenters. The van der Waals surface area contributed by atoms with Gasteiger partial charge in [-0.05, 0) is 0 Å². The molecule has 0 fully saturated rings. The average Bonchev–Trinajstić information content (AvgIpc) is 2.37. The summed E-state index contributed by atoms with van der Waals surface area (Å²) in [6, 6.07) is 0.990. The maximum Gasteiger partial charge on any atom is 0.337 e. The first-order valence-electron chi connectivity index (χ1n) is 5.35. The second-order valence-electron chi connectivity index (χ2n) is 3.61. The van der Waals surface area contributed by atoms with Crippen LogP contribution in [0.15, 0.2) is 37.6 Å². The Labute approximate surface area is 109 Å². The SMILES string of the molecule is C=CCN(CC=C)c1ncc(C(=O)O)cc1[N+](=O)[O-]. The van der Waals surface area contributed by atoms with E-state index >= 15 is 0 Å². The van der Waals surface area contributed by atoms with Gasteiger partial charge in [0, 0.05) is 25.4 Å². The van der Waals surface area contributed by atoms with Crippen molar-refractivity contribution in [3.05, 3.63) is 53.3 Å². The standard InChI is InChI=1S/C12H13N3O4/c1-3-5-14(6-4-2)11-10(15(18)19)7-9(8-13-11)12(16)17/h3-4,7-8H,1-2,5-6H2,(H,16,17). The first kappa shape index (κ1) is 14.4. The lowest BCUT2D eigenvalue weighted by Gasteiger charge is -2.19. The van der Waals surface area contributed by atoms with E-state index in [9.17, 15) is 14.9 Å². The van der Waals surface area contributed by atoms with E-state index in [-0.39, 0.29) is 17.1 Å². The number of nitrogens with zero attached hydrogens (tertiary/aromatic N) is 3. The molecule has 0 atom stereocenters. The molecule has 0 aliphatic carbocycles. The molecule has 7 nitrogen and oxygen atoms in total. The average molecular weight is 263 g/mol. The van der Waals surface area contributed by atoms with E-state index in [1.54, 1.807) is 17.1 Å². The number of carboxylic acids is 1. The number of hydrogen-bond acceptors (Lipinski definition) is 5. The molecule has 0 saturated carbocycles. The Morgan fingerprint density at radius 3 is 2.47 bits per heavy atom. The quantitative estimate of drug-likeness (QED) is 0.458. The van der Waals surface area contributed by atoms with Gasteiger partial charge in [-0.1, -0.05) is 12.2 Å². The van der Waals surface area contributed by atoms with Gasteiger partial charge in [0.1, 0.15) is 0 Å². The van der Waals surface area contributed by atoms with Crippen LogP contribution in [-0.2, 0) is 0 Å². The molecular weight excluding hydrogens is 250 g/mol. The molecule has 1 N–H and O–H groups in total. The predicted octanol–water partition coefficient (Wildman–Crippen LogP) is 1.87. The summed E-state index contributed by atoms with van der Waals surface area (Å²) in [4.78, 5) is 26.6. The van der Waals surface area contributed by atoms with Crippen LogP contribution < -0.4 is 4.90 Å². The fraction of sp³-hybridized carbons (Fsp3) is 0.167. The largest absolute Gasteiger partial charge is 0.478 e. The molecule has 0 radical (unpaired) electrons. The molecule has 0 aliphatic rings. The molecule has 1 rings (SSSR count). The van der Waals surface area contributed by atoms with Crippen molar-refractivity contribution in [1.82, 2.24) is 4.98 Å². The van der Waals surface area contributed by atoms with Gasteiger partial charge in [-0.2, -0.15) is 0 Å². The molecule has 0 aliphatic heterocycles. The second kappa shape index (κ2) is 6.29. The summed E-state index contributed by atoms with van der Waals surface area (Å²) >= 11 is 0. The molecule has 0 bridgehead atoms. The van der Waals surface area contributed by atoms with Crippen LogP contribution in [-0.4, -0.2) is 34.1 Å². The Morgan fingerprint density at radius 2 is 2.05 bits per heavy atom. The maximum absolute atomic E-state index is 11.0. The minimum atomic E-state index is -1.26. The Morgan fingerprint density at radius 1 is 1.47 bits per heavy atom. The molecule has 1 aromatic heterocycles. The highest BCUT2D eigenvalue weighted by Gasteiger charge is 2.22. The van der Waals surface area contributed by atoms with Crippen LogP contribution in [0.2, 0.25) is 0 Å². The summed E-state index contributed by atoms with van der Waals surface area (Å²) in [5.74, 6) is -1.17. The van der Waals surface area contributed by atoms with Gasteiger partial charge in [-0.3, -0.25) is 10.1 Å². The lowest BCUT2D eigenvalue weighted by Crippen LogP contribution is -2.25. The van der Waals surface area contributed by atoms with Crippen molar-refractivity contribution in [2.75, 3.05) is 18.0 Å². The fourth-order valence-corrected chi connectivity index (χ4v) is 1.50. The van der Waals surface area contributed by atoms with Crippen molar-refractivity contribution in [2.45, 2.75) is 0 Å². The zero-order chi connectivity index (χ0) is 14.4. The second-order valence-corrected chi connectivity index (χ2v) is 3.61. The molecule has 0 aromatic carbocycles. The van der Waals surface area contributed by atoms with Gasteiger partial charge in [0.25, 0.3) is 0 Å². The number of rotatable bonds is 7. The van der Waals surface area contributed by atoms with Crippen LogP contribution >= 0.6 is 0 Å². The lowest BCUT2D eigenvalue weighted by atomic mass is 10.2. The number of aromatic carboxylic acids is 1. The predicted molar refractivity (Wildman–Crippen MR) is 70.5 cm³/mol. The van der Waals surface area contributed by atoms with Crippen LogP contribution in [0, 0.1) is 10.1 Å². The van der Waals surface area contributed by atoms with E-state index in [2.05, 4.69) is 18.1 Å². The Kier molecular flexibility index (Phi) is 4.76. The number of carbonyl (C=O) groups is 1. The first-order valence-corrected chi connectivity index (χ1v) is 5.35. The summed E-state index contributed by atoms with van der Waals surface area (Å²) in [5, 5.41) is 19.8. The maximum atomic E-state index is 11.0. The smallest absolute Gasteiger partial charge is 0.337 e. The van der Waals surface area contributed by atoms with Crippen LogP contribution in [0.4, 0.5) is 11.5 Å². The molecule has 1 aromatic rings. The lowest BCUT2D eigenvalue weighted by molar-refractivity contribution is -0.384. The molecule has 0 amide bonds. The molecule has 1 heterocycles. The van der Waals surface area contributed by atoms with E-state index in [4.69, 9.17) is 5.11 Å². The summed E-state index contributed by atoms with van der Waals surface area (Å²) in [6.45, 7) is 7.80. The minimum Gasteiger partial charge on any atom is -0.478 e. The van der Waals surface area contributed by atoms with Gasteiger partial charge in [0.2, 0.25) is 5.82 Å². The molecule has 7 heteroatoms. The third-order valence-corrected chi connectivity index (χ3v) is 2.29. The third-order valence-electron chi connectivity index (χ3n) is 2.29. The van der Waals surface area contributed by atoms with Crippen molar-refractivity contribution in [3.63, 3.8) is 0 Å². The Hall–Kier alpha value is -2.70. The highest BCUT2D eigenvalue weighted by atomic mass is 16.6. The third kappa shape index (κ3) is 3.38. The number of anilines is 1. The van der Waals surface area contributed by atoms with Gasteiger partial charge in [0.15, 0.2) is 0 Å². The zero-order valence-corrected chi connectivity index (χ0v) is 10.2. The van der Waals surface area contributed by atoms with Crippen molar-refractivity contribution in [2.24, 2.45) is 0 Å². The van der Waals surface area contributed by atoms with E-state index in [0.717, 1.165) is 12.3 Å². The molecule has 0 saturated heterocycles. The molecule has 0 spiro atoms. The molecular formula is C12H13N3O4. The topological polar surface area (TPSA) is 96.6 Å². The van der Waals surface area contributed by atoms with Gasteiger partial charge < -0.3 is 10.0 Å². The van der Waals surface area contributed by atoms with E-state index in [0.29, 0.717) is 13.1 Å². The van der Waals surface area contributed by atoms with E-state index in [1.807, 2.05) is 0 Å². The van der Waals surface area contributed by atoms with Crippen LogP contribution in [0.25, 0.3) is 0 Å². The van der Waals surface area contributed by atoms with Gasteiger partial charge in [0.05, 0.1) is 10.5 Å². The number of carboxylic acid groups (broad SMARTS) is 1. The zero-order valence-electron chi connectivity index (χ0n) is 10.2. The van der Waals surface area contributed by atoms with Gasteiger partial charge in [-0.15, -0.1) is 13.2 Å². The fourth-order valence-electron chi connectivity index (χ4n) is 1.50.